The summed E-state index contributed by atoms with van der Waals surface area (Å²) in [5.41, 5.74) is 1.73. The molecular formula is C18H25N3O3. The van der Waals surface area contributed by atoms with Gasteiger partial charge in [0.05, 0.1) is 24.6 Å². The van der Waals surface area contributed by atoms with Crippen LogP contribution in [0.2, 0.25) is 0 Å². The van der Waals surface area contributed by atoms with Gasteiger partial charge in [-0.3, -0.25) is 9.59 Å². The Balaban J connectivity index is 1.56. The molecule has 130 valence electrons. The molecule has 0 spiro atoms. The van der Waals surface area contributed by atoms with Gasteiger partial charge in [-0.15, -0.1) is 0 Å². The molecule has 1 aliphatic heterocycles. The quantitative estimate of drug-likeness (QED) is 0.809. The first-order valence-electron chi connectivity index (χ1n) is 8.73. The second-order valence-corrected chi connectivity index (χ2v) is 6.39. The maximum Gasteiger partial charge on any atom is 0.233 e. The smallest absolute Gasteiger partial charge is 0.233 e. The summed E-state index contributed by atoms with van der Waals surface area (Å²) in [5.74, 6) is -0.463. The van der Waals surface area contributed by atoms with Gasteiger partial charge in [-0.2, -0.15) is 0 Å². The van der Waals surface area contributed by atoms with Gasteiger partial charge in [-0.05, 0) is 25.0 Å². The van der Waals surface area contributed by atoms with Gasteiger partial charge in [0.15, 0.2) is 0 Å². The molecule has 0 atom stereocenters. The molecule has 2 fully saturated rings. The van der Waals surface area contributed by atoms with Gasteiger partial charge in [-0.1, -0.05) is 25.0 Å². The molecule has 3 rings (SSSR count). The summed E-state index contributed by atoms with van der Waals surface area (Å²) in [4.78, 5) is 26.4. The van der Waals surface area contributed by atoms with E-state index in [2.05, 4.69) is 15.5 Å². The fourth-order valence-corrected chi connectivity index (χ4v) is 3.35. The highest BCUT2D eigenvalue weighted by molar-refractivity contribution is 6.05. The molecule has 1 aliphatic carbocycles. The van der Waals surface area contributed by atoms with Crippen LogP contribution in [0, 0.1) is 0 Å². The lowest BCUT2D eigenvalue weighted by molar-refractivity contribution is -0.127. The van der Waals surface area contributed by atoms with Gasteiger partial charge in [0.2, 0.25) is 11.8 Å². The molecule has 2 amide bonds. The highest BCUT2D eigenvalue weighted by Gasteiger charge is 2.20. The number of morpholine rings is 1. The van der Waals surface area contributed by atoms with Crippen LogP contribution in [0.1, 0.15) is 32.1 Å². The maximum atomic E-state index is 12.2. The van der Waals surface area contributed by atoms with E-state index in [9.17, 15) is 9.59 Å². The molecule has 2 aliphatic rings. The molecule has 6 heteroatoms. The molecule has 1 heterocycles. The summed E-state index contributed by atoms with van der Waals surface area (Å²) in [5, 5.41) is 5.83. The van der Waals surface area contributed by atoms with E-state index in [1.54, 1.807) is 0 Å². The number of hydrogen-bond donors (Lipinski definition) is 2. The Kier molecular flexibility index (Phi) is 5.69. The monoisotopic (exact) mass is 331 g/mol. The second-order valence-electron chi connectivity index (χ2n) is 6.39. The van der Waals surface area contributed by atoms with Crippen LogP contribution in [0.15, 0.2) is 24.3 Å². The van der Waals surface area contributed by atoms with Crippen molar-refractivity contribution < 1.29 is 14.3 Å². The van der Waals surface area contributed by atoms with Crippen LogP contribution in [-0.4, -0.2) is 44.2 Å². The zero-order valence-corrected chi connectivity index (χ0v) is 13.9. The number of anilines is 2. The van der Waals surface area contributed by atoms with E-state index in [0.29, 0.717) is 13.2 Å². The molecule has 0 radical (unpaired) electrons. The van der Waals surface area contributed by atoms with E-state index < -0.39 is 0 Å². The normalized spacial score (nSPS) is 18.4. The first-order chi connectivity index (χ1) is 11.7. The number of rotatable bonds is 5. The molecule has 24 heavy (non-hydrogen) atoms. The molecule has 1 saturated carbocycles. The van der Waals surface area contributed by atoms with Crippen molar-refractivity contribution in [2.24, 2.45) is 0 Å². The lowest BCUT2D eigenvalue weighted by Gasteiger charge is -2.30. The molecule has 6 nitrogen and oxygen atoms in total. The highest BCUT2D eigenvalue weighted by atomic mass is 16.5. The van der Waals surface area contributed by atoms with E-state index in [1.807, 2.05) is 24.3 Å². The van der Waals surface area contributed by atoms with Gasteiger partial charge in [0.1, 0.15) is 6.42 Å². The third-order valence-electron chi connectivity index (χ3n) is 4.57. The number of para-hydroxylation sites is 2. The minimum absolute atomic E-state index is 0.131. The Labute approximate surface area is 142 Å². The van der Waals surface area contributed by atoms with Crippen molar-refractivity contribution in [1.29, 1.82) is 0 Å². The summed E-state index contributed by atoms with van der Waals surface area (Å²) < 4.78 is 5.38. The van der Waals surface area contributed by atoms with Crippen molar-refractivity contribution in [3.8, 4) is 0 Å². The SMILES string of the molecule is O=C(CC(=O)NC1CCCC1)Nc1ccccc1N1CCOCC1. The highest BCUT2D eigenvalue weighted by Crippen LogP contribution is 2.26. The van der Waals surface area contributed by atoms with Crippen LogP contribution >= 0.6 is 0 Å². The Hall–Kier alpha value is -2.08. The Morgan fingerprint density at radius 2 is 1.79 bits per heavy atom. The summed E-state index contributed by atoms with van der Waals surface area (Å²) in [7, 11) is 0. The first kappa shape index (κ1) is 16.8. The molecule has 1 aromatic rings. The number of benzene rings is 1. The zero-order chi connectivity index (χ0) is 16.8. The van der Waals surface area contributed by atoms with E-state index >= 15 is 0 Å². The fraction of sp³-hybridized carbons (Fsp3) is 0.556. The van der Waals surface area contributed by atoms with Crippen molar-refractivity contribution in [3.63, 3.8) is 0 Å². The van der Waals surface area contributed by atoms with Crippen molar-refractivity contribution in [1.82, 2.24) is 5.32 Å². The Bertz CT molecular complexity index is 579. The van der Waals surface area contributed by atoms with Crippen LogP contribution in [0.3, 0.4) is 0 Å². The molecule has 1 saturated heterocycles. The zero-order valence-electron chi connectivity index (χ0n) is 13.9. The third kappa shape index (κ3) is 4.47. The summed E-state index contributed by atoms with van der Waals surface area (Å²) in [6.45, 7) is 2.97. The topological polar surface area (TPSA) is 70.7 Å². The van der Waals surface area contributed by atoms with Crippen LogP contribution in [0.25, 0.3) is 0 Å². The van der Waals surface area contributed by atoms with Crippen molar-refractivity contribution in [3.05, 3.63) is 24.3 Å². The van der Waals surface area contributed by atoms with Crippen molar-refractivity contribution in [2.75, 3.05) is 36.5 Å². The molecule has 2 N–H and O–H groups in total. The molecule has 0 unspecified atom stereocenters. The number of carbonyl (C=O) groups excluding carboxylic acids is 2. The lowest BCUT2D eigenvalue weighted by atomic mass is 10.2. The summed E-state index contributed by atoms with van der Waals surface area (Å²) in [6, 6.07) is 7.94. The first-order valence-corrected chi connectivity index (χ1v) is 8.73. The van der Waals surface area contributed by atoms with Crippen LogP contribution in [-0.2, 0) is 14.3 Å². The molecule has 0 aromatic heterocycles. The fourth-order valence-electron chi connectivity index (χ4n) is 3.35. The summed E-state index contributed by atoms with van der Waals surface area (Å²) >= 11 is 0. The summed E-state index contributed by atoms with van der Waals surface area (Å²) in [6.07, 6.45) is 4.22. The minimum atomic E-state index is -0.272. The van der Waals surface area contributed by atoms with Crippen molar-refractivity contribution in [2.45, 2.75) is 38.1 Å². The predicted molar refractivity (Wildman–Crippen MR) is 93.1 cm³/mol. The van der Waals surface area contributed by atoms with Crippen LogP contribution in [0.5, 0.6) is 0 Å². The lowest BCUT2D eigenvalue weighted by Crippen LogP contribution is -2.37. The van der Waals surface area contributed by atoms with E-state index in [0.717, 1.165) is 50.1 Å². The van der Waals surface area contributed by atoms with Gasteiger partial charge >= 0.3 is 0 Å². The van der Waals surface area contributed by atoms with Crippen LogP contribution < -0.4 is 15.5 Å². The average molecular weight is 331 g/mol. The number of amides is 2. The number of nitrogens with one attached hydrogen (secondary N) is 2. The Morgan fingerprint density at radius 3 is 2.54 bits per heavy atom. The van der Waals surface area contributed by atoms with E-state index in [-0.39, 0.29) is 24.3 Å². The van der Waals surface area contributed by atoms with Crippen molar-refractivity contribution >= 4 is 23.2 Å². The maximum absolute atomic E-state index is 12.2. The third-order valence-corrected chi connectivity index (χ3v) is 4.57. The number of carbonyl (C=O) groups is 2. The average Bonchev–Trinajstić information content (AvgIpc) is 3.09. The Morgan fingerprint density at radius 1 is 1.08 bits per heavy atom. The van der Waals surface area contributed by atoms with Gasteiger partial charge < -0.3 is 20.3 Å². The number of nitrogens with zero attached hydrogens (tertiary/aromatic N) is 1. The molecule has 0 bridgehead atoms. The number of hydrogen-bond acceptors (Lipinski definition) is 4. The largest absolute Gasteiger partial charge is 0.378 e. The second kappa shape index (κ2) is 8.15. The van der Waals surface area contributed by atoms with Gasteiger partial charge in [-0.25, -0.2) is 0 Å². The van der Waals surface area contributed by atoms with Gasteiger partial charge in [0.25, 0.3) is 0 Å². The van der Waals surface area contributed by atoms with Gasteiger partial charge in [0, 0.05) is 19.1 Å². The van der Waals surface area contributed by atoms with E-state index in [1.165, 1.54) is 0 Å². The molecular weight excluding hydrogens is 306 g/mol. The predicted octanol–water partition coefficient (Wildman–Crippen LogP) is 1.91. The minimum Gasteiger partial charge on any atom is -0.378 e. The standard InChI is InChI=1S/C18H25N3O3/c22-17(19-14-5-1-2-6-14)13-18(23)20-15-7-3-4-8-16(15)21-9-11-24-12-10-21/h3-4,7-8,14H,1-2,5-6,9-13H2,(H,19,22)(H,20,23). The van der Waals surface area contributed by atoms with Crippen LogP contribution in [0.4, 0.5) is 11.4 Å². The van der Waals surface area contributed by atoms with E-state index in [4.69, 9.17) is 4.74 Å². The molecule has 1 aromatic carbocycles. The number of ether oxygens (including phenoxy) is 1.